The first kappa shape index (κ1) is 17.2. The van der Waals surface area contributed by atoms with Crippen molar-refractivity contribution in [2.24, 2.45) is 0 Å². The molecule has 0 saturated carbocycles. The highest BCUT2D eigenvalue weighted by atomic mass is 16.5. The van der Waals surface area contributed by atoms with E-state index < -0.39 is 5.97 Å². The third kappa shape index (κ3) is 3.89. The minimum Gasteiger partial charge on any atom is -0.465 e. The monoisotopic (exact) mass is 347 g/mol. The molecule has 3 rings (SSSR count). The van der Waals surface area contributed by atoms with E-state index in [1.807, 2.05) is 18.2 Å². The lowest BCUT2D eigenvalue weighted by Gasteiger charge is -2.13. The summed E-state index contributed by atoms with van der Waals surface area (Å²) in [5, 5.41) is 2.75. The highest BCUT2D eigenvalue weighted by Crippen LogP contribution is 2.26. The fraction of sp³-hybridized carbons (Fsp3) is 0.0476. The van der Waals surface area contributed by atoms with Crippen molar-refractivity contribution in [3.8, 4) is 11.5 Å². The van der Waals surface area contributed by atoms with Crippen LogP contribution in [0.15, 0.2) is 78.9 Å². The van der Waals surface area contributed by atoms with E-state index in [9.17, 15) is 9.59 Å². The number of benzene rings is 3. The van der Waals surface area contributed by atoms with Gasteiger partial charge in [-0.1, -0.05) is 42.5 Å². The maximum absolute atomic E-state index is 12.7. The van der Waals surface area contributed by atoms with Gasteiger partial charge in [-0.25, -0.2) is 4.79 Å². The first-order chi connectivity index (χ1) is 12.7. The van der Waals surface area contributed by atoms with Gasteiger partial charge in [-0.2, -0.15) is 0 Å². The molecule has 5 nitrogen and oxygen atoms in total. The van der Waals surface area contributed by atoms with Gasteiger partial charge >= 0.3 is 5.97 Å². The molecule has 0 radical (unpaired) electrons. The lowest BCUT2D eigenvalue weighted by atomic mass is 10.1. The number of esters is 1. The molecule has 0 aromatic heterocycles. The van der Waals surface area contributed by atoms with Crippen LogP contribution in [-0.2, 0) is 4.74 Å². The molecule has 5 heteroatoms. The maximum Gasteiger partial charge on any atom is 0.339 e. The zero-order chi connectivity index (χ0) is 18.4. The Balaban J connectivity index is 1.87. The van der Waals surface area contributed by atoms with E-state index in [-0.39, 0.29) is 11.5 Å². The summed E-state index contributed by atoms with van der Waals surface area (Å²) in [7, 11) is 1.30. The van der Waals surface area contributed by atoms with Crippen molar-refractivity contribution in [1.82, 2.24) is 0 Å². The first-order valence-corrected chi connectivity index (χ1v) is 7.99. The Morgan fingerprint density at radius 3 is 2.12 bits per heavy atom. The molecule has 26 heavy (non-hydrogen) atoms. The summed E-state index contributed by atoms with van der Waals surface area (Å²) in [6.45, 7) is 0. The fourth-order valence-electron chi connectivity index (χ4n) is 2.43. The zero-order valence-corrected chi connectivity index (χ0v) is 14.1. The largest absolute Gasteiger partial charge is 0.465 e. The summed E-state index contributed by atoms with van der Waals surface area (Å²) in [6, 6.07) is 22.8. The molecule has 0 spiro atoms. The highest BCUT2D eigenvalue weighted by Gasteiger charge is 2.17. The normalized spacial score (nSPS) is 10.0. The van der Waals surface area contributed by atoms with Gasteiger partial charge in [0.25, 0.3) is 5.91 Å². The molecule has 1 amide bonds. The molecule has 0 aliphatic rings. The number of para-hydroxylation sites is 3. The molecule has 3 aromatic carbocycles. The predicted octanol–water partition coefficient (Wildman–Crippen LogP) is 4.52. The van der Waals surface area contributed by atoms with Crippen molar-refractivity contribution in [1.29, 1.82) is 0 Å². The predicted molar refractivity (Wildman–Crippen MR) is 98.7 cm³/mol. The Hall–Kier alpha value is -3.60. The zero-order valence-electron chi connectivity index (χ0n) is 14.1. The number of ether oxygens (including phenoxy) is 2. The van der Waals surface area contributed by atoms with Crippen LogP contribution in [0.25, 0.3) is 0 Å². The molecule has 0 saturated heterocycles. The molecule has 1 N–H and O–H groups in total. The number of nitrogens with one attached hydrogen (secondary N) is 1. The van der Waals surface area contributed by atoms with Crippen molar-refractivity contribution >= 4 is 17.6 Å². The molecule has 130 valence electrons. The summed E-state index contributed by atoms with van der Waals surface area (Å²) in [5.41, 5.74) is 1.01. The fourth-order valence-corrected chi connectivity index (χ4v) is 2.43. The van der Waals surface area contributed by atoms with Gasteiger partial charge in [0.15, 0.2) is 0 Å². The van der Waals surface area contributed by atoms with Crippen LogP contribution < -0.4 is 10.1 Å². The molecule has 0 aliphatic heterocycles. The Morgan fingerprint density at radius 2 is 1.38 bits per heavy atom. The van der Waals surface area contributed by atoms with E-state index in [1.54, 1.807) is 60.7 Å². The lowest BCUT2D eigenvalue weighted by Crippen LogP contribution is -2.16. The molecule has 0 bridgehead atoms. The Kier molecular flexibility index (Phi) is 5.29. The minimum atomic E-state index is -0.519. The van der Waals surface area contributed by atoms with Gasteiger partial charge in [0.1, 0.15) is 11.5 Å². The van der Waals surface area contributed by atoms with Crippen LogP contribution in [0.3, 0.4) is 0 Å². The van der Waals surface area contributed by atoms with Crippen molar-refractivity contribution in [2.75, 3.05) is 12.4 Å². The van der Waals surface area contributed by atoms with E-state index >= 15 is 0 Å². The van der Waals surface area contributed by atoms with E-state index in [0.717, 1.165) is 0 Å². The maximum atomic E-state index is 12.7. The van der Waals surface area contributed by atoms with Crippen molar-refractivity contribution < 1.29 is 19.1 Å². The number of hydrogen-bond donors (Lipinski definition) is 1. The second-order valence-electron chi connectivity index (χ2n) is 5.40. The molecular weight excluding hydrogens is 330 g/mol. The molecule has 0 heterocycles. The van der Waals surface area contributed by atoms with Gasteiger partial charge in [0, 0.05) is 0 Å². The Morgan fingerprint density at radius 1 is 0.769 bits per heavy atom. The van der Waals surface area contributed by atoms with E-state index in [2.05, 4.69) is 5.32 Å². The third-order valence-electron chi connectivity index (χ3n) is 3.68. The number of carbonyl (C=O) groups excluding carboxylic acids is 2. The van der Waals surface area contributed by atoms with Crippen LogP contribution in [-0.4, -0.2) is 19.0 Å². The Bertz CT molecular complexity index is 922. The lowest BCUT2D eigenvalue weighted by molar-refractivity contribution is 0.0602. The molecule has 0 fully saturated rings. The Labute approximate surface area is 151 Å². The van der Waals surface area contributed by atoms with Gasteiger partial charge in [-0.05, 0) is 36.4 Å². The van der Waals surface area contributed by atoms with Crippen LogP contribution in [0.5, 0.6) is 11.5 Å². The van der Waals surface area contributed by atoms with Gasteiger partial charge in [-0.3, -0.25) is 4.79 Å². The number of amides is 1. The summed E-state index contributed by atoms with van der Waals surface area (Å²) >= 11 is 0. The summed E-state index contributed by atoms with van der Waals surface area (Å²) in [5.74, 6) is 0.150. The van der Waals surface area contributed by atoms with Crippen molar-refractivity contribution in [2.45, 2.75) is 0 Å². The average molecular weight is 347 g/mol. The molecule has 0 unspecified atom stereocenters. The van der Waals surface area contributed by atoms with Gasteiger partial charge in [-0.15, -0.1) is 0 Å². The molecular formula is C21H17NO4. The molecule has 0 aliphatic carbocycles. The summed E-state index contributed by atoms with van der Waals surface area (Å²) < 4.78 is 10.6. The van der Waals surface area contributed by atoms with Crippen LogP contribution in [0.1, 0.15) is 20.7 Å². The van der Waals surface area contributed by atoms with E-state index in [4.69, 9.17) is 9.47 Å². The number of anilines is 1. The van der Waals surface area contributed by atoms with Gasteiger partial charge in [0.05, 0.1) is 23.9 Å². The van der Waals surface area contributed by atoms with Crippen LogP contribution in [0, 0.1) is 0 Å². The number of carbonyl (C=O) groups is 2. The number of methoxy groups -OCH3 is 1. The SMILES string of the molecule is COC(=O)c1ccccc1NC(=O)c1ccccc1Oc1ccccc1. The topological polar surface area (TPSA) is 64.6 Å². The highest BCUT2D eigenvalue weighted by molar-refractivity contribution is 6.09. The van der Waals surface area contributed by atoms with Crippen LogP contribution in [0.4, 0.5) is 5.69 Å². The van der Waals surface area contributed by atoms with Crippen molar-refractivity contribution in [3.63, 3.8) is 0 Å². The number of rotatable bonds is 5. The third-order valence-corrected chi connectivity index (χ3v) is 3.68. The molecule has 3 aromatic rings. The summed E-state index contributed by atoms with van der Waals surface area (Å²) in [4.78, 5) is 24.6. The average Bonchev–Trinajstić information content (AvgIpc) is 2.69. The summed E-state index contributed by atoms with van der Waals surface area (Å²) in [6.07, 6.45) is 0. The van der Waals surface area contributed by atoms with Crippen LogP contribution >= 0.6 is 0 Å². The van der Waals surface area contributed by atoms with Crippen molar-refractivity contribution in [3.05, 3.63) is 90.0 Å². The van der Waals surface area contributed by atoms with E-state index in [0.29, 0.717) is 22.7 Å². The van der Waals surface area contributed by atoms with Crippen LogP contribution in [0.2, 0.25) is 0 Å². The first-order valence-electron chi connectivity index (χ1n) is 7.99. The standard InChI is InChI=1S/C21H17NO4/c1-25-21(24)16-11-5-7-13-18(16)22-20(23)17-12-6-8-14-19(17)26-15-9-3-2-4-10-15/h2-14H,1H3,(H,22,23). The van der Waals surface area contributed by atoms with Gasteiger partial charge in [0.2, 0.25) is 0 Å². The van der Waals surface area contributed by atoms with E-state index in [1.165, 1.54) is 7.11 Å². The second kappa shape index (κ2) is 7.98. The quantitative estimate of drug-likeness (QED) is 0.689. The smallest absolute Gasteiger partial charge is 0.339 e. The molecule has 0 atom stereocenters. The number of hydrogen-bond acceptors (Lipinski definition) is 4. The second-order valence-corrected chi connectivity index (χ2v) is 5.40. The minimum absolute atomic E-state index is 0.282. The van der Waals surface area contributed by atoms with Gasteiger partial charge < -0.3 is 14.8 Å².